The molecule has 0 atom stereocenters. The van der Waals surface area contributed by atoms with Crippen LogP contribution in [0.5, 0.6) is 0 Å². The van der Waals surface area contributed by atoms with E-state index >= 15 is 0 Å². The Labute approximate surface area is 230 Å². The van der Waals surface area contributed by atoms with Gasteiger partial charge in [-0.05, 0) is 65.3 Å². The third-order valence-corrected chi connectivity index (χ3v) is 6.81. The van der Waals surface area contributed by atoms with Crippen molar-refractivity contribution in [3.63, 3.8) is 0 Å². The minimum Gasteiger partial charge on any atom is -1.00 e. The summed E-state index contributed by atoms with van der Waals surface area (Å²) in [7, 11) is 0. The molecular formula is C29H32N3NaO2. The van der Waals surface area contributed by atoms with E-state index in [0.717, 1.165) is 27.7 Å². The van der Waals surface area contributed by atoms with E-state index in [1.54, 1.807) is 16.8 Å². The molecule has 0 spiro atoms. The first-order valence-corrected chi connectivity index (χ1v) is 12.0. The minimum atomic E-state index is -0.970. The van der Waals surface area contributed by atoms with Crippen molar-refractivity contribution < 1.29 is 40.9 Å². The van der Waals surface area contributed by atoms with E-state index in [1.807, 2.05) is 24.3 Å². The van der Waals surface area contributed by atoms with E-state index < -0.39 is 5.97 Å². The summed E-state index contributed by atoms with van der Waals surface area (Å²) in [4.78, 5) is 16.7. The normalized spacial score (nSPS) is 14.1. The predicted octanol–water partition coefficient (Wildman–Crippen LogP) is 4.16. The predicted molar refractivity (Wildman–Crippen MR) is 139 cm³/mol. The van der Waals surface area contributed by atoms with Crippen molar-refractivity contribution in [3.05, 3.63) is 78.1 Å². The van der Waals surface area contributed by atoms with E-state index in [1.165, 1.54) is 31.2 Å². The maximum atomic E-state index is 12.1. The Morgan fingerprint density at radius 1 is 1.00 bits per heavy atom. The number of aromatic carboxylic acids is 1. The zero-order valence-corrected chi connectivity index (χ0v) is 23.0. The molecule has 4 aromatic rings. The maximum absolute atomic E-state index is 12.1. The first-order chi connectivity index (χ1) is 16.3. The molecule has 0 aliphatic heterocycles. The molecule has 0 unspecified atom stereocenters. The molecule has 1 fully saturated rings. The number of aromatic nitrogens is 2. The van der Waals surface area contributed by atoms with Crippen LogP contribution in [0.15, 0.2) is 66.9 Å². The molecule has 2 aromatic carbocycles. The van der Waals surface area contributed by atoms with Gasteiger partial charge in [-0.3, -0.25) is 4.57 Å². The second-order valence-corrected chi connectivity index (χ2v) is 10.3. The van der Waals surface area contributed by atoms with Crippen LogP contribution in [0.25, 0.3) is 27.8 Å². The molecule has 1 saturated carbocycles. The number of hydrogen-bond donors (Lipinski definition) is 2. The standard InChI is InChI=1S/C29H31N3O2.Na.H/c1-29(2,3)22-11-8-19(9-12-22)20-10-14-25-21(16-20)17-26(28(33)34)32(25)27-15-13-24(18-30-27)31-23-6-4-5-7-23;;/h8-18,23,31H,4-7H2,1-3H3,(H,33,34);;/q;+1;-1. The first kappa shape index (κ1) is 25.5. The number of carboxylic acid groups (broad SMARTS) is 1. The summed E-state index contributed by atoms with van der Waals surface area (Å²) in [5, 5.41) is 14.3. The molecular weight excluding hydrogens is 445 g/mol. The molecule has 1 aliphatic carbocycles. The number of carboxylic acids is 1. The van der Waals surface area contributed by atoms with Crippen molar-refractivity contribution in [2.75, 3.05) is 5.32 Å². The molecule has 0 radical (unpaired) electrons. The summed E-state index contributed by atoms with van der Waals surface area (Å²) in [6, 6.07) is 20.8. The Morgan fingerprint density at radius 3 is 2.29 bits per heavy atom. The quantitative estimate of drug-likeness (QED) is 0.424. The molecule has 6 heteroatoms. The third-order valence-electron chi connectivity index (χ3n) is 6.81. The van der Waals surface area contributed by atoms with Crippen LogP contribution < -0.4 is 34.9 Å². The number of carbonyl (C=O) groups is 1. The zero-order chi connectivity index (χ0) is 23.9. The molecule has 1 aliphatic rings. The van der Waals surface area contributed by atoms with Crippen LogP contribution in [-0.4, -0.2) is 26.7 Å². The van der Waals surface area contributed by atoms with Gasteiger partial charge in [0.15, 0.2) is 0 Å². The summed E-state index contributed by atoms with van der Waals surface area (Å²) in [6.07, 6.45) is 6.71. The van der Waals surface area contributed by atoms with E-state index in [0.29, 0.717) is 11.9 Å². The Morgan fingerprint density at radius 2 is 1.69 bits per heavy atom. The average Bonchev–Trinajstić information content (AvgIpc) is 3.46. The number of nitrogens with zero attached hydrogens (tertiary/aromatic N) is 2. The molecule has 0 bridgehead atoms. The molecule has 0 amide bonds. The van der Waals surface area contributed by atoms with Crippen LogP contribution in [0.4, 0.5) is 5.69 Å². The fourth-order valence-electron chi connectivity index (χ4n) is 4.87. The molecule has 2 aromatic heterocycles. The largest absolute Gasteiger partial charge is 1.00 e. The number of anilines is 1. The van der Waals surface area contributed by atoms with Crippen LogP contribution in [0.1, 0.15) is 63.9 Å². The van der Waals surface area contributed by atoms with Crippen molar-refractivity contribution in [3.8, 4) is 16.9 Å². The molecule has 35 heavy (non-hydrogen) atoms. The van der Waals surface area contributed by atoms with Crippen LogP contribution in [0.3, 0.4) is 0 Å². The van der Waals surface area contributed by atoms with Crippen molar-refractivity contribution >= 4 is 22.6 Å². The van der Waals surface area contributed by atoms with Gasteiger partial charge in [0.25, 0.3) is 0 Å². The van der Waals surface area contributed by atoms with E-state index in [9.17, 15) is 9.90 Å². The third kappa shape index (κ3) is 5.32. The Kier molecular flexibility index (Phi) is 7.41. The van der Waals surface area contributed by atoms with Gasteiger partial charge in [-0.15, -0.1) is 0 Å². The first-order valence-electron chi connectivity index (χ1n) is 12.0. The molecule has 0 saturated heterocycles. The molecule has 5 nitrogen and oxygen atoms in total. The fourth-order valence-corrected chi connectivity index (χ4v) is 4.87. The summed E-state index contributed by atoms with van der Waals surface area (Å²) < 4.78 is 1.73. The number of pyridine rings is 1. The number of hydrogen-bond acceptors (Lipinski definition) is 3. The monoisotopic (exact) mass is 477 g/mol. The van der Waals surface area contributed by atoms with E-state index in [-0.39, 0.29) is 42.1 Å². The summed E-state index contributed by atoms with van der Waals surface area (Å²) in [6.45, 7) is 6.61. The summed E-state index contributed by atoms with van der Waals surface area (Å²) >= 11 is 0. The van der Waals surface area contributed by atoms with E-state index in [4.69, 9.17) is 0 Å². The summed E-state index contributed by atoms with van der Waals surface area (Å²) in [5.41, 5.74) is 5.58. The topological polar surface area (TPSA) is 67.2 Å². The number of fused-ring (bicyclic) bond motifs is 1. The summed E-state index contributed by atoms with van der Waals surface area (Å²) in [5.74, 6) is -0.367. The second-order valence-electron chi connectivity index (χ2n) is 10.3. The fraction of sp³-hybridized carbons (Fsp3) is 0.310. The molecule has 2 N–H and O–H groups in total. The van der Waals surface area contributed by atoms with Crippen molar-refractivity contribution in [2.24, 2.45) is 0 Å². The number of benzene rings is 2. The van der Waals surface area contributed by atoms with Crippen LogP contribution in [0.2, 0.25) is 0 Å². The van der Waals surface area contributed by atoms with Crippen molar-refractivity contribution in [1.82, 2.24) is 9.55 Å². The van der Waals surface area contributed by atoms with Crippen LogP contribution in [-0.2, 0) is 5.41 Å². The van der Waals surface area contributed by atoms with Crippen molar-refractivity contribution in [1.29, 1.82) is 0 Å². The van der Waals surface area contributed by atoms with Crippen LogP contribution >= 0.6 is 0 Å². The van der Waals surface area contributed by atoms with Gasteiger partial charge in [-0.2, -0.15) is 0 Å². The molecule has 176 valence electrons. The second kappa shape index (κ2) is 10.2. The zero-order valence-electron chi connectivity index (χ0n) is 22.0. The SMILES string of the molecule is CC(C)(C)c1ccc(-c2ccc3c(c2)cc(C(=O)O)n3-c2ccc(NC3CCCC3)cn2)cc1.[H-].[Na+]. The molecule has 5 rings (SSSR count). The van der Waals surface area contributed by atoms with Crippen LogP contribution in [0, 0.1) is 0 Å². The Hall–Kier alpha value is -2.60. The smallest absolute Gasteiger partial charge is 1.00 e. The van der Waals surface area contributed by atoms with Gasteiger partial charge in [0.2, 0.25) is 0 Å². The maximum Gasteiger partial charge on any atom is 1.00 e. The van der Waals surface area contributed by atoms with Gasteiger partial charge in [-0.25, -0.2) is 9.78 Å². The minimum absolute atomic E-state index is 0. The average molecular weight is 478 g/mol. The number of nitrogens with one attached hydrogen (secondary N) is 1. The number of rotatable bonds is 5. The van der Waals surface area contributed by atoms with Gasteiger partial charge >= 0.3 is 35.5 Å². The van der Waals surface area contributed by atoms with Gasteiger partial charge < -0.3 is 11.8 Å². The van der Waals surface area contributed by atoms with Gasteiger partial charge in [0, 0.05) is 11.4 Å². The Bertz CT molecular complexity index is 1340. The molecule has 2 heterocycles. The van der Waals surface area contributed by atoms with Gasteiger partial charge in [0.05, 0.1) is 17.4 Å². The van der Waals surface area contributed by atoms with Gasteiger partial charge in [0.1, 0.15) is 11.5 Å². The van der Waals surface area contributed by atoms with Gasteiger partial charge in [-0.1, -0.05) is 63.9 Å². The Balaban J connectivity index is 0.00000180. The van der Waals surface area contributed by atoms with Crippen molar-refractivity contribution in [2.45, 2.75) is 57.9 Å². The van der Waals surface area contributed by atoms with E-state index in [2.05, 4.69) is 61.4 Å².